The molecule has 0 unspecified atom stereocenters. The monoisotopic (exact) mass is 276 g/mol. The van der Waals surface area contributed by atoms with Gasteiger partial charge in [-0.1, -0.05) is 12.8 Å². The average Bonchev–Trinajstić information content (AvgIpc) is 2.44. The quantitative estimate of drug-likeness (QED) is 0.764. The van der Waals surface area contributed by atoms with Crippen LogP contribution in [0.15, 0.2) is 23.3 Å². The van der Waals surface area contributed by atoms with E-state index in [9.17, 15) is 13.6 Å². The molecular weight excluding hydrogens is 262 g/mol. The predicted octanol–water partition coefficient (Wildman–Crippen LogP) is 3.05. The number of hydrogen-bond donors (Lipinski definition) is 0. The number of nitrogens with zero attached hydrogens (tertiary/aromatic N) is 2. The maximum atomic E-state index is 13.2. The van der Waals surface area contributed by atoms with Crippen molar-refractivity contribution in [2.75, 3.05) is 0 Å². The number of carbonyl (C=O) groups is 1. The average molecular weight is 276 g/mol. The summed E-state index contributed by atoms with van der Waals surface area (Å²) in [6, 6.07) is 6.26. The Morgan fingerprint density at radius 2 is 2.10 bits per heavy atom. The van der Waals surface area contributed by atoms with Crippen LogP contribution in [-0.2, 0) is 4.79 Å². The topological polar surface area (TPSA) is 32.7 Å². The van der Waals surface area contributed by atoms with Crippen LogP contribution in [0.4, 0.5) is 8.78 Å². The number of hydrogen-bond acceptors (Lipinski definition) is 2. The molecule has 0 saturated heterocycles. The van der Waals surface area contributed by atoms with E-state index in [-0.39, 0.29) is 12.3 Å². The van der Waals surface area contributed by atoms with Gasteiger partial charge in [-0.05, 0) is 24.6 Å². The van der Waals surface area contributed by atoms with Gasteiger partial charge in [0, 0.05) is 30.9 Å². The van der Waals surface area contributed by atoms with E-state index in [1.807, 2.05) is 6.92 Å². The number of carbonyl (C=O) groups excluding carboxylic acids is 1. The number of halogens is 2. The van der Waals surface area contributed by atoms with Crippen LogP contribution >= 0.6 is 0 Å². The second-order valence-electron chi connectivity index (χ2n) is 4.42. The Hall–Kier alpha value is -2.22. The predicted molar refractivity (Wildman–Crippen MR) is 71.7 cm³/mol. The van der Waals surface area contributed by atoms with Crippen molar-refractivity contribution in [1.82, 2.24) is 5.01 Å². The first-order chi connectivity index (χ1) is 9.61. The number of unbranched alkanes of at least 4 members (excludes halogenated alkanes) is 1. The number of amides is 1. The van der Waals surface area contributed by atoms with Gasteiger partial charge >= 0.3 is 0 Å². The normalized spacial score (nSPS) is 14.7. The molecule has 0 radical (unpaired) electrons. The van der Waals surface area contributed by atoms with Crippen molar-refractivity contribution in [3.05, 3.63) is 35.4 Å². The summed E-state index contributed by atoms with van der Waals surface area (Å²) >= 11 is 0. The van der Waals surface area contributed by atoms with E-state index in [0.29, 0.717) is 24.1 Å². The van der Waals surface area contributed by atoms with Crippen LogP contribution in [-0.4, -0.2) is 16.6 Å². The Balaban J connectivity index is 2.27. The molecule has 3 nitrogen and oxygen atoms in total. The highest BCUT2D eigenvalue weighted by atomic mass is 19.2. The van der Waals surface area contributed by atoms with Crippen molar-refractivity contribution < 1.29 is 13.6 Å². The fourth-order valence-electron chi connectivity index (χ4n) is 1.78. The maximum absolute atomic E-state index is 13.2. The fraction of sp³-hybridized carbons (Fsp3) is 0.333. The molecule has 5 heteroatoms. The first-order valence-corrected chi connectivity index (χ1v) is 6.46. The molecule has 104 valence electrons. The van der Waals surface area contributed by atoms with Crippen molar-refractivity contribution in [3.63, 3.8) is 0 Å². The van der Waals surface area contributed by atoms with Crippen molar-refractivity contribution in [3.8, 4) is 12.0 Å². The second kappa shape index (κ2) is 6.29. The molecule has 0 spiro atoms. The van der Waals surface area contributed by atoms with Crippen molar-refractivity contribution in [2.24, 2.45) is 5.10 Å². The van der Waals surface area contributed by atoms with E-state index in [4.69, 9.17) is 0 Å². The number of hydrazone groups is 1. The third-order valence-corrected chi connectivity index (χ3v) is 2.85. The molecule has 20 heavy (non-hydrogen) atoms. The lowest BCUT2D eigenvalue weighted by molar-refractivity contribution is -0.128. The molecule has 1 aromatic rings. The molecule has 1 aliphatic rings. The maximum Gasteiger partial charge on any atom is 0.255 e. The summed E-state index contributed by atoms with van der Waals surface area (Å²) in [5.41, 5.74) is 1.01. The van der Waals surface area contributed by atoms with Gasteiger partial charge < -0.3 is 0 Å². The minimum absolute atomic E-state index is 0.181. The molecular formula is C15H14F2N2O. The van der Waals surface area contributed by atoms with Crippen LogP contribution in [0.1, 0.15) is 38.2 Å². The zero-order valence-electron chi connectivity index (χ0n) is 11.1. The Kier molecular flexibility index (Phi) is 4.46. The minimum Gasteiger partial charge on any atom is -0.272 e. The van der Waals surface area contributed by atoms with Gasteiger partial charge in [0.25, 0.3) is 5.91 Å². The molecule has 0 atom stereocenters. The van der Waals surface area contributed by atoms with Gasteiger partial charge in [-0.2, -0.15) is 10.1 Å². The Morgan fingerprint density at radius 1 is 1.30 bits per heavy atom. The summed E-state index contributed by atoms with van der Waals surface area (Å²) in [6.45, 7) is 1.99. The van der Waals surface area contributed by atoms with E-state index < -0.39 is 11.6 Å². The van der Waals surface area contributed by atoms with Gasteiger partial charge in [0.2, 0.25) is 0 Å². The van der Waals surface area contributed by atoms with Gasteiger partial charge in [0.1, 0.15) is 0 Å². The summed E-state index contributed by atoms with van der Waals surface area (Å²) in [5, 5.41) is 5.21. The lowest BCUT2D eigenvalue weighted by atomic mass is 10.0. The molecule has 0 aromatic heterocycles. The molecule has 1 aliphatic heterocycles. The Bertz CT molecular complexity index is 614. The molecule has 0 N–H and O–H groups in total. The van der Waals surface area contributed by atoms with Crippen LogP contribution < -0.4 is 0 Å². The summed E-state index contributed by atoms with van der Waals surface area (Å²) in [7, 11) is 0. The van der Waals surface area contributed by atoms with Gasteiger partial charge in [0.15, 0.2) is 11.6 Å². The van der Waals surface area contributed by atoms with Crippen molar-refractivity contribution >= 4 is 11.6 Å². The van der Waals surface area contributed by atoms with Gasteiger partial charge in [-0.15, -0.1) is 0 Å². The first-order valence-electron chi connectivity index (χ1n) is 6.46. The van der Waals surface area contributed by atoms with Crippen LogP contribution in [0, 0.1) is 23.6 Å². The molecule has 2 rings (SSSR count). The zero-order chi connectivity index (χ0) is 14.5. The lowest BCUT2D eigenvalue weighted by Crippen LogP contribution is -2.28. The molecule has 1 heterocycles. The van der Waals surface area contributed by atoms with Crippen LogP contribution in [0.5, 0.6) is 0 Å². The summed E-state index contributed by atoms with van der Waals surface area (Å²) in [4.78, 5) is 11.7. The third kappa shape index (κ3) is 3.21. The lowest BCUT2D eigenvalue weighted by Gasteiger charge is -2.18. The van der Waals surface area contributed by atoms with Gasteiger partial charge in [-0.3, -0.25) is 4.79 Å². The highest BCUT2D eigenvalue weighted by molar-refractivity contribution is 6.04. The Labute approximate surface area is 116 Å². The van der Waals surface area contributed by atoms with E-state index >= 15 is 0 Å². The summed E-state index contributed by atoms with van der Waals surface area (Å²) in [6.07, 6.45) is 2.24. The fourth-order valence-corrected chi connectivity index (χ4v) is 1.78. The molecule has 0 saturated carbocycles. The number of rotatable bonds is 2. The van der Waals surface area contributed by atoms with Gasteiger partial charge in [-0.25, -0.2) is 8.78 Å². The zero-order valence-corrected chi connectivity index (χ0v) is 11.1. The third-order valence-electron chi connectivity index (χ3n) is 2.85. The van der Waals surface area contributed by atoms with Crippen molar-refractivity contribution in [1.29, 1.82) is 0 Å². The number of benzene rings is 1. The molecule has 0 aliphatic carbocycles. The molecule has 0 bridgehead atoms. The smallest absolute Gasteiger partial charge is 0.255 e. The SMILES string of the molecule is CCCC#CN1N=C(c2ccc(F)c(F)c2)CCC1=O. The van der Waals surface area contributed by atoms with Crippen molar-refractivity contribution in [2.45, 2.75) is 32.6 Å². The molecule has 1 aromatic carbocycles. The first kappa shape index (κ1) is 14.2. The Morgan fingerprint density at radius 3 is 2.80 bits per heavy atom. The summed E-state index contributed by atoms with van der Waals surface area (Å²) in [5.74, 6) is 0.834. The largest absolute Gasteiger partial charge is 0.272 e. The summed E-state index contributed by atoms with van der Waals surface area (Å²) < 4.78 is 26.1. The van der Waals surface area contributed by atoms with Crippen LogP contribution in [0.3, 0.4) is 0 Å². The molecule has 1 amide bonds. The van der Waals surface area contributed by atoms with E-state index in [0.717, 1.165) is 23.6 Å². The van der Waals surface area contributed by atoms with Crippen LogP contribution in [0.25, 0.3) is 0 Å². The highest BCUT2D eigenvalue weighted by Gasteiger charge is 2.20. The highest BCUT2D eigenvalue weighted by Crippen LogP contribution is 2.17. The van der Waals surface area contributed by atoms with E-state index in [2.05, 4.69) is 17.1 Å². The molecule has 0 fully saturated rings. The van der Waals surface area contributed by atoms with E-state index in [1.54, 1.807) is 0 Å². The van der Waals surface area contributed by atoms with E-state index in [1.165, 1.54) is 6.07 Å². The standard InChI is InChI=1S/C15H14F2N2O/c1-2-3-4-9-19-15(20)8-7-14(18-19)11-5-6-12(16)13(17)10-11/h5-6,10H,2-3,7-8H2,1H3. The second-order valence-corrected chi connectivity index (χ2v) is 4.42. The van der Waals surface area contributed by atoms with Gasteiger partial charge in [0.05, 0.1) is 5.71 Å². The minimum atomic E-state index is -0.925. The van der Waals surface area contributed by atoms with Crippen LogP contribution in [0.2, 0.25) is 0 Å².